The van der Waals surface area contributed by atoms with Gasteiger partial charge in [0.25, 0.3) is 5.91 Å². The summed E-state index contributed by atoms with van der Waals surface area (Å²) in [5.41, 5.74) is 0.748. The highest BCUT2D eigenvalue weighted by molar-refractivity contribution is 6.30. The minimum atomic E-state index is -1.21. The lowest BCUT2D eigenvalue weighted by Gasteiger charge is -2.28. The van der Waals surface area contributed by atoms with Gasteiger partial charge in [-0.25, -0.2) is 9.78 Å². The summed E-state index contributed by atoms with van der Waals surface area (Å²) in [4.78, 5) is 32.1. The SMILES string of the molecule is O=C(NC[C@@H](c1ccc(Cl)cc1)N1CCCC1)c1nc[nH]c1C(=O)O. The summed E-state index contributed by atoms with van der Waals surface area (Å²) in [6.45, 7) is 2.30. The molecule has 1 aromatic heterocycles. The van der Waals surface area contributed by atoms with Crippen LogP contribution >= 0.6 is 11.6 Å². The van der Waals surface area contributed by atoms with E-state index in [9.17, 15) is 9.59 Å². The molecule has 0 aliphatic carbocycles. The first-order valence-corrected chi connectivity index (χ1v) is 8.48. The van der Waals surface area contributed by atoms with Crippen molar-refractivity contribution in [2.75, 3.05) is 19.6 Å². The van der Waals surface area contributed by atoms with E-state index >= 15 is 0 Å². The Labute approximate surface area is 150 Å². The van der Waals surface area contributed by atoms with E-state index in [4.69, 9.17) is 16.7 Å². The van der Waals surface area contributed by atoms with Crippen LogP contribution in [0.25, 0.3) is 0 Å². The number of aromatic carboxylic acids is 1. The predicted molar refractivity (Wildman–Crippen MR) is 92.9 cm³/mol. The third-order valence-electron chi connectivity index (χ3n) is 4.36. The minimum absolute atomic E-state index is 0.0101. The van der Waals surface area contributed by atoms with Crippen LogP contribution in [0, 0.1) is 0 Å². The van der Waals surface area contributed by atoms with Crippen LogP contribution in [0.5, 0.6) is 0 Å². The summed E-state index contributed by atoms with van der Waals surface area (Å²) in [6, 6.07) is 7.58. The largest absolute Gasteiger partial charge is 0.477 e. The van der Waals surface area contributed by atoms with E-state index in [2.05, 4.69) is 20.2 Å². The zero-order valence-electron chi connectivity index (χ0n) is 13.5. The first kappa shape index (κ1) is 17.4. The van der Waals surface area contributed by atoms with E-state index in [-0.39, 0.29) is 17.4 Å². The highest BCUT2D eigenvalue weighted by Crippen LogP contribution is 2.25. The molecule has 1 aliphatic rings. The maximum atomic E-state index is 12.3. The highest BCUT2D eigenvalue weighted by Gasteiger charge is 2.25. The fraction of sp³-hybridized carbons (Fsp3) is 0.353. The molecule has 8 heteroatoms. The number of aromatic nitrogens is 2. The molecule has 0 bridgehead atoms. The molecule has 1 saturated heterocycles. The Bertz CT molecular complexity index is 754. The van der Waals surface area contributed by atoms with Crippen LogP contribution in [0.15, 0.2) is 30.6 Å². The Kier molecular flexibility index (Phi) is 5.35. The van der Waals surface area contributed by atoms with Gasteiger partial charge in [-0.3, -0.25) is 9.69 Å². The smallest absolute Gasteiger partial charge is 0.354 e. The lowest BCUT2D eigenvalue weighted by atomic mass is 10.1. The Morgan fingerprint density at radius 3 is 2.60 bits per heavy atom. The summed E-state index contributed by atoms with van der Waals surface area (Å²) in [6.07, 6.45) is 3.46. The number of amides is 1. The van der Waals surface area contributed by atoms with Crippen LogP contribution < -0.4 is 5.32 Å². The van der Waals surface area contributed by atoms with Crippen molar-refractivity contribution in [3.8, 4) is 0 Å². The van der Waals surface area contributed by atoms with Crippen molar-refractivity contribution in [2.45, 2.75) is 18.9 Å². The zero-order valence-corrected chi connectivity index (χ0v) is 14.3. The Hall–Kier alpha value is -2.38. The van der Waals surface area contributed by atoms with E-state index in [1.54, 1.807) is 0 Å². The number of carboxylic acid groups (broad SMARTS) is 1. The number of benzene rings is 1. The maximum absolute atomic E-state index is 12.3. The number of H-pyrrole nitrogens is 1. The molecule has 3 rings (SSSR count). The van der Waals surface area contributed by atoms with E-state index in [1.165, 1.54) is 6.33 Å². The van der Waals surface area contributed by atoms with Gasteiger partial charge in [-0.1, -0.05) is 23.7 Å². The number of likely N-dealkylation sites (tertiary alicyclic amines) is 1. The lowest BCUT2D eigenvalue weighted by Crippen LogP contribution is -2.37. The zero-order chi connectivity index (χ0) is 17.8. The number of rotatable bonds is 6. The van der Waals surface area contributed by atoms with E-state index in [0.717, 1.165) is 31.5 Å². The van der Waals surface area contributed by atoms with E-state index < -0.39 is 11.9 Å². The Morgan fingerprint density at radius 2 is 1.96 bits per heavy atom. The summed E-state index contributed by atoms with van der Waals surface area (Å²) >= 11 is 5.97. The average Bonchev–Trinajstić information content (AvgIpc) is 3.28. The van der Waals surface area contributed by atoms with Gasteiger partial charge < -0.3 is 15.4 Å². The van der Waals surface area contributed by atoms with Crippen molar-refractivity contribution >= 4 is 23.5 Å². The predicted octanol–water partition coefficient (Wildman–Crippen LogP) is 2.33. The second kappa shape index (κ2) is 7.67. The standard InChI is InChI=1S/C17H19ClN4O3/c18-12-5-3-11(4-6-12)13(22-7-1-2-8-22)9-19-16(23)14-15(17(24)25)21-10-20-14/h3-6,10,13H,1-2,7-9H2,(H,19,23)(H,20,21)(H,24,25)/t13-/m0/s1. The van der Waals surface area contributed by atoms with Crippen molar-refractivity contribution in [3.63, 3.8) is 0 Å². The molecule has 7 nitrogen and oxygen atoms in total. The summed E-state index contributed by atoms with van der Waals surface area (Å²) < 4.78 is 0. The number of carboxylic acids is 1. The average molecular weight is 363 g/mol. The fourth-order valence-electron chi connectivity index (χ4n) is 3.10. The van der Waals surface area contributed by atoms with Crippen LogP contribution in [-0.2, 0) is 0 Å². The molecule has 25 heavy (non-hydrogen) atoms. The van der Waals surface area contributed by atoms with Crippen LogP contribution in [0.4, 0.5) is 0 Å². The van der Waals surface area contributed by atoms with Crippen LogP contribution in [0.1, 0.15) is 45.4 Å². The van der Waals surface area contributed by atoms with Gasteiger partial charge in [-0.15, -0.1) is 0 Å². The van der Waals surface area contributed by atoms with Gasteiger partial charge in [0.15, 0.2) is 11.4 Å². The molecular formula is C17H19ClN4O3. The number of hydrogen-bond donors (Lipinski definition) is 3. The molecule has 3 N–H and O–H groups in total. The third-order valence-corrected chi connectivity index (χ3v) is 4.61. The molecule has 2 heterocycles. The van der Waals surface area contributed by atoms with Gasteiger partial charge in [0.2, 0.25) is 0 Å². The summed E-state index contributed by atoms with van der Waals surface area (Å²) in [7, 11) is 0. The minimum Gasteiger partial charge on any atom is -0.477 e. The summed E-state index contributed by atoms with van der Waals surface area (Å²) in [5.74, 6) is -1.71. The number of halogens is 1. The number of carbonyl (C=O) groups excluding carboxylic acids is 1. The number of carbonyl (C=O) groups is 2. The number of imidazole rings is 1. The molecule has 1 atom stereocenters. The third kappa shape index (κ3) is 4.00. The number of aromatic amines is 1. The van der Waals surface area contributed by atoms with Gasteiger partial charge in [-0.05, 0) is 43.6 Å². The molecule has 0 radical (unpaired) electrons. The number of nitrogens with zero attached hydrogens (tertiary/aromatic N) is 2. The Balaban J connectivity index is 1.74. The first-order chi connectivity index (χ1) is 12.1. The molecule has 1 amide bonds. The van der Waals surface area contributed by atoms with Crippen molar-refractivity contribution in [2.24, 2.45) is 0 Å². The van der Waals surface area contributed by atoms with Gasteiger partial charge >= 0.3 is 5.97 Å². The van der Waals surface area contributed by atoms with Crippen LogP contribution in [0.2, 0.25) is 5.02 Å². The first-order valence-electron chi connectivity index (χ1n) is 8.10. The van der Waals surface area contributed by atoms with E-state index in [1.807, 2.05) is 24.3 Å². The molecule has 2 aromatic rings. The fourth-order valence-corrected chi connectivity index (χ4v) is 3.22. The van der Waals surface area contributed by atoms with Crippen molar-refractivity contribution in [1.82, 2.24) is 20.2 Å². The maximum Gasteiger partial charge on any atom is 0.354 e. The lowest BCUT2D eigenvalue weighted by molar-refractivity contribution is 0.0684. The molecule has 132 valence electrons. The molecule has 1 aliphatic heterocycles. The van der Waals surface area contributed by atoms with Gasteiger partial charge in [0.05, 0.1) is 12.4 Å². The van der Waals surface area contributed by atoms with Gasteiger partial charge in [-0.2, -0.15) is 0 Å². The monoisotopic (exact) mass is 362 g/mol. The van der Waals surface area contributed by atoms with Gasteiger partial charge in [0.1, 0.15) is 0 Å². The van der Waals surface area contributed by atoms with Gasteiger partial charge in [0, 0.05) is 11.6 Å². The highest BCUT2D eigenvalue weighted by atomic mass is 35.5. The normalized spacial score (nSPS) is 15.9. The molecule has 0 unspecified atom stereocenters. The number of nitrogens with one attached hydrogen (secondary N) is 2. The molecular weight excluding hydrogens is 344 g/mol. The quantitative estimate of drug-likeness (QED) is 0.732. The van der Waals surface area contributed by atoms with Crippen LogP contribution in [0.3, 0.4) is 0 Å². The molecule has 0 spiro atoms. The molecule has 1 fully saturated rings. The second-order valence-electron chi connectivity index (χ2n) is 5.95. The second-order valence-corrected chi connectivity index (χ2v) is 6.39. The van der Waals surface area contributed by atoms with Crippen LogP contribution in [-0.4, -0.2) is 51.5 Å². The molecule has 1 aromatic carbocycles. The topological polar surface area (TPSA) is 98.3 Å². The molecule has 0 saturated carbocycles. The van der Waals surface area contributed by atoms with Crippen molar-refractivity contribution in [3.05, 3.63) is 52.6 Å². The van der Waals surface area contributed by atoms with E-state index in [0.29, 0.717) is 11.6 Å². The van der Waals surface area contributed by atoms with Crippen molar-refractivity contribution in [1.29, 1.82) is 0 Å². The van der Waals surface area contributed by atoms with Crippen molar-refractivity contribution < 1.29 is 14.7 Å². The Morgan fingerprint density at radius 1 is 1.28 bits per heavy atom. The number of hydrogen-bond acceptors (Lipinski definition) is 4. The summed E-state index contributed by atoms with van der Waals surface area (Å²) in [5, 5.41) is 12.6.